The van der Waals surface area contributed by atoms with Gasteiger partial charge in [-0.15, -0.1) is 5.10 Å². The van der Waals surface area contributed by atoms with E-state index in [0.29, 0.717) is 17.3 Å². The van der Waals surface area contributed by atoms with Crippen LogP contribution in [-0.4, -0.2) is 31.0 Å². The molecule has 0 aliphatic rings. The number of nitrogens with zero attached hydrogens (tertiary/aromatic N) is 5. The Morgan fingerprint density at radius 3 is 2.67 bits per heavy atom. The highest BCUT2D eigenvalue weighted by Crippen LogP contribution is 2.15. The first-order valence-electron chi connectivity index (χ1n) is 8.03. The van der Waals surface area contributed by atoms with Crippen LogP contribution < -0.4 is 5.32 Å². The highest BCUT2D eigenvalue weighted by Gasteiger charge is 2.18. The van der Waals surface area contributed by atoms with Crippen molar-refractivity contribution in [2.24, 2.45) is 0 Å². The first kappa shape index (κ1) is 16.9. The second-order valence-corrected chi connectivity index (χ2v) is 6.05. The van der Waals surface area contributed by atoms with Crippen molar-refractivity contribution in [3.05, 3.63) is 77.3 Å². The molecule has 2 heterocycles. The van der Waals surface area contributed by atoms with Crippen molar-refractivity contribution in [2.45, 2.75) is 6.54 Å². The van der Waals surface area contributed by atoms with Gasteiger partial charge in [0.1, 0.15) is 0 Å². The summed E-state index contributed by atoms with van der Waals surface area (Å²) < 4.78 is 6.62. The van der Waals surface area contributed by atoms with Crippen LogP contribution >= 0.6 is 11.6 Å². The molecule has 27 heavy (non-hydrogen) atoms. The van der Waals surface area contributed by atoms with Gasteiger partial charge in [0.2, 0.25) is 5.82 Å². The van der Waals surface area contributed by atoms with Gasteiger partial charge in [0.05, 0.1) is 11.9 Å². The molecular weight excluding hydrogens is 368 g/mol. The van der Waals surface area contributed by atoms with E-state index >= 15 is 0 Å². The molecule has 0 saturated heterocycles. The maximum absolute atomic E-state index is 12.2. The minimum Gasteiger partial charge on any atom is -0.344 e. The normalized spacial score (nSPS) is 10.7. The summed E-state index contributed by atoms with van der Waals surface area (Å²) in [4.78, 5) is 16.3. The van der Waals surface area contributed by atoms with Gasteiger partial charge in [0.15, 0.2) is 5.69 Å². The number of para-hydroxylation sites is 1. The Bertz CT molecular complexity index is 1060. The lowest BCUT2D eigenvalue weighted by Crippen LogP contribution is -2.23. The zero-order chi connectivity index (χ0) is 18.6. The second-order valence-electron chi connectivity index (χ2n) is 5.62. The Balaban J connectivity index is 1.44. The number of nitrogens with one attached hydrogen (secondary N) is 1. The number of hydrogen-bond acceptors (Lipinski definition) is 6. The number of benzene rings is 2. The van der Waals surface area contributed by atoms with Gasteiger partial charge < -0.3 is 9.84 Å². The van der Waals surface area contributed by atoms with E-state index in [1.165, 1.54) is 0 Å². The Labute approximate surface area is 158 Å². The average Bonchev–Trinajstić information content (AvgIpc) is 3.37. The zero-order valence-corrected chi connectivity index (χ0v) is 14.7. The van der Waals surface area contributed by atoms with Crippen molar-refractivity contribution in [3.8, 4) is 17.2 Å². The summed E-state index contributed by atoms with van der Waals surface area (Å²) in [6.07, 6.45) is 1.66. The summed E-state index contributed by atoms with van der Waals surface area (Å²) in [5, 5.41) is 15.2. The smallest absolute Gasteiger partial charge is 0.316 e. The zero-order valence-electron chi connectivity index (χ0n) is 13.9. The lowest BCUT2D eigenvalue weighted by atomic mass is 10.2. The molecular formula is C18H13ClN6O2. The molecule has 8 nitrogen and oxygen atoms in total. The van der Waals surface area contributed by atoms with Crippen molar-refractivity contribution in [2.75, 3.05) is 0 Å². The number of aromatic nitrogens is 5. The quantitative estimate of drug-likeness (QED) is 0.571. The van der Waals surface area contributed by atoms with Crippen LogP contribution in [0, 0.1) is 0 Å². The largest absolute Gasteiger partial charge is 0.344 e. The molecule has 9 heteroatoms. The van der Waals surface area contributed by atoms with Gasteiger partial charge in [-0.05, 0) is 29.8 Å². The number of carbonyl (C=O) groups is 1. The predicted octanol–water partition coefficient (Wildman–Crippen LogP) is 2.90. The molecule has 0 atom stereocenters. The fourth-order valence-corrected chi connectivity index (χ4v) is 2.48. The van der Waals surface area contributed by atoms with E-state index in [4.69, 9.17) is 16.1 Å². The maximum Gasteiger partial charge on any atom is 0.316 e. The van der Waals surface area contributed by atoms with E-state index in [9.17, 15) is 4.79 Å². The summed E-state index contributed by atoms with van der Waals surface area (Å²) in [6.45, 7) is 0.317. The molecule has 0 bridgehead atoms. The molecule has 0 aliphatic carbocycles. The minimum atomic E-state index is -0.473. The van der Waals surface area contributed by atoms with Gasteiger partial charge in [-0.25, -0.2) is 4.68 Å². The van der Waals surface area contributed by atoms with Crippen molar-refractivity contribution in [3.63, 3.8) is 0 Å². The minimum absolute atomic E-state index is 0.145. The van der Waals surface area contributed by atoms with Crippen molar-refractivity contribution < 1.29 is 9.32 Å². The number of halogens is 1. The van der Waals surface area contributed by atoms with Crippen LogP contribution in [0.15, 0.2) is 65.3 Å². The Morgan fingerprint density at radius 1 is 1.11 bits per heavy atom. The molecule has 0 unspecified atom stereocenters. The topological polar surface area (TPSA) is 98.7 Å². The fourth-order valence-electron chi connectivity index (χ4n) is 2.35. The molecule has 1 amide bonds. The van der Waals surface area contributed by atoms with E-state index in [1.54, 1.807) is 23.0 Å². The number of hydrogen-bond donors (Lipinski definition) is 1. The fraction of sp³-hybridized carbons (Fsp3) is 0.0556. The third-order valence-corrected chi connectivity index (χ3v) is 3.98. The molecule has 2 aromatic carbocycles. The van der Waals surface area contributed by atoms with Crippen LogP contribution in [0.3, 0.4) is 0 Å². The summed E-state index contributed by atoms with van der Waals surface area (Å²) in [7, 11) is 0. The Kier molecular flexibility index (Phi) is 4.63. The third kappa shape index (κ3) is 3.85. The van der Waals surface area contributed by atoms with Crippen LogP contribution in [0.2, 0.25) is 5.02 Å². The molecule has 2 aromatic heterocycles. The first-order valence-corrected chi connectivity index (χ1v) is 8.41. The monoisotopic (exact) mass is 380 g/mol. The summed E-state index contributed by atoms with van der Waals surface area (Å²) in [6, 6.07) is 16.6. The summed E-state index contributed by atoms with van der Waals surface area (Å²) >= 11 is 5.84. The van der Waals surface area contributed by atoms with Gasteiger partial charge in [0, 0.05) is 11.6 Å². The van der Waals surface area contributed by atoms with E-state index in [2.05, 4.69) is 25.8 Å². The third-order valence-electron chi connectivity index (χ3n) is 3.73. The van der Waals surface area contributed by atoms with E-state index in [-0.39, 0.29) is 11.7 Å². The van der Waals surface area contributed by atoms with Crippen LogP contribution in [0.25, 0.3) is 17.2 Å². The van der Waals surface area contributed by atoms with Gasteiger partial charge in [-0.2, -0.15) is 4.98 Å². The van der Waals surface area contributed by atoms with Gasteiger partial charge in [0.25, 0.3) is 0 Å². The first-order chi connectivity index (χ1) is 13.2. The van der Waals surface area contributed by atoms with Gasteiger partial charge in [-0.1, -0.05) is 52.3 Å². The highest BCUT2D eigenvalue weighted by molar-refractivity contribution is 6.30. The van der Waals surface area contributed by atoms with E-state index < -0.39 is 5.91 Å². The second kappa shape index (κ2) is 7.38. The number of rotatable bonds is 5. The molecule has 4 rings (SSSR count). The molecule has 0 radical (unpaired) electrons. The SMILES string of the molecule is O=C(NCc1ccc(Cl)cc1)c1nc(-c2cn(-c3ccccc3)nn2)no1. The lowest BCUT2D eigenvalue weighted by molar-refractivity contribution is 0.0907. The van der Waals surface area contributed by atoms with Gasteiger partial charge >= 0.3 is 11.8 Å². The molecule has 134 valence electrons. The Morgan fingerprint density at radius 2 is 1.89 bits per heavy atom. The van der Waals surface area contributed by atoms with Crippen LogP contribution in [0.4, 0.5) is 0 Å². The number of amides is 1. The van der Waals surface area contributed by atoms with Gasteiger partial charge in [-0.3, -0.25) is 4.79 Å². The molecule has 4 aromatic rings. The predicted molar refractivity (Wildman–Crippen MR) is 97.3 cm³/mol. The van der Waals surface area contributed by atoms with Crippen molar-refractivity contribution in [1.82, 2.24) is 30.5 Å². The lowest BCUT2D eigenvalue weighted by Gasteiger charge is -2.02. The van der Waals surface area contributed by atoms with Crippen LogP contribution in [-0.2, 0) is 6.54 Å². The van der Waals surface area contributed by atoms with Crippen molar-refractivity contribution in [1.29, 1.82) is 0 Å². The summed E-state index contributed by atoms with van der Waals surface area (Å²) in [5.41, 5.74) is 2.15. The van der Waals surface area contributed by atoms with E-state index in [1.807, 2.05) is 42.5 Å². The Hall–Kier alpha value is -3.52. The standard InChI is InChI=1S/C18H13ClN6O2/c19-13-8-6-12(7-9-13)10-20-17(26)18-21-16(23-27-18)15-11-25(24-22-15)14-4-2-1-3-5-14/h1-9,11H,10H2,(H,20,26). The van der Waals surface area contributed by atoms with E-state index in [0.717, 1.165) is 11.3 Å². The molecule has 0 spiro atoms. The van der Waals surface area contributed by atoms with Crippen LogP contribution in [0.1, 0.15) is 16.2 Å². The molecule has 0 fully saturated rings. The highest BCUT2D eigenvalue weighted by atomic mass is 35.5. The molecule has 0 aliphatic heterocycles. The number of carbonyl (C=O) groups excluding carboxylic acids is 1. The average molecular weight is 381 g/mol. The maximum atomic E-state index is 12.2. The van der Waals surface area contributed by atoms with Crippen LogP contribution in [0.5, 0.6) is 0 Å². The van der Waals surface area contributed by atoms with Crippen molar-refractivity contribution >= 4 is 17.5 Å². The molecule has 0 saturated carbocycles. The summed E-state index contributed by atoms with van der Waals surface area (Å²) in [5.74, 6) is -0.429. The molecule has 1 N–H and O–H groups in total.